The Kier molecular flexibility index (Phi) is 6.96. The van der Waals surface area contributed by atoms with Crippen molar-refractivity contribution in [3.05, 3.63) is 35.9 Å². The molecule has 5 heteroatoms. The van der Waals surface area contributed by atoms with Crippen LogP contribution in [0, 0.1) is 17.2 Å². The van der Waals surface area contributed by atoms with Crippen LogP contribution in [0.15, 0.2) is 30.3 Å². The third-order valence-electron chi connectivity index (χ3n) is 3.21. The Labute approximate surface area is 125 Å². The number of methoxy groups -OCH3 is 1. The summed E-state index contributed by atoms with van der Waals surface area (Å²) in [7, 11) is 2.98. The number of carbonyl (C=O) groups is 2. The maximum Gasteiger partial charge on any atom is 0.305 e. The fourth-order valence-corrected chi connectivity index (χ4v) is 1.98. The minimum atomic E-state index is -0.699. The molecule has 1 aromatic carbocycles. The Bertz CT molecular complexity index is 508. The number of hydrogen-bond acceptors (Lipinski definition) is 4. The molecule has 0 fully saturated rings. The zero-order chi connectivity index (χ0) is 15.7. The van der Waals surface area contributed by atoms with Gasteiger partial charge in [-0.05, 0) is 18.4 Å². The van der Waals surface area contributed by atoms with Crippen LogP contribution in [0.5, 0.6) is 0 Å². The molecule has 0 radical (unpaired) electrons. The van der Waals surface area contributed by atoms with E-state index in [1.807, 2.05) is 30.3 Å². The van der Waals surface area contributed by atoms with Crippen molar-refractivity contribution in [3.63, 3.8) is 0 Å². The van der Waals surface area contributed by atoms with Gasteiger partial charge >= 0.3 is 5.97 Å². The Morgan fingerprint density at radius 1 is 1.33 bits per heavy atom. The zero-order valence-electron chi connectivity index (χ0n) is 12.4. The predicted molar refractivity (Wildman–Crippen MR) is 78.1 cm³/mol. The predicted octanol–water partition coefficient (Wildman–Crippen LogP) is 1.78. The zero-order valence-corrected chi connectivity index (χ0v) is 12.4. The van der Waals surface area contributed by atoms with Gasteiger partial charge in [0.25, 0.3) is 0 Å². The van der Waals surface area contributed by atoms with Crippen LogP contribution in [0.1, 0.15) is 18.4 Å². The van der Waals surface area contributed by atoms with Gasteiger partial charge in [-0.15, -0.1) is 0 Å². The molecule has 0 aromatic heterocycles. The Hall–Kier alpha value is -2.35. The molecule has 0 spiro atoms. The molecular weight excluding hydrogens is 268 g/mol. The molecule has 1 amide bonds. The van der Waals surface area contributed by atoms with E-state index in [-0.39, 0.29) is 18.3 Å². The standard InChI is InChI=1S/C16H20N2O3/c1-18(10-6-9-15(19)21-2)16(20)14(12-17)11-13-7-4-3-5-8-13/h3-5,7-8,14H,6,9-11H2,1-2H3. The summed E-state index contributed by atoms with van der Waals surface area (Å²) in [6.07, 6.45) is 1.19. The van der Waals surface area contributed by atoms with Gasteiger partial charge in [0.1, 0.15) is 5.92 Å². The largest absolute Gasteiger partial charge is 0.469 e. The number of amides is 1. The van der Waals surface area contributed by atoms with Gasteiger partial charge in [0.15, 0.2) is 0 Å². The quantitative estimate of drug-likeness (QED) is 0.717. The van der Waals surface area contributed by atoms with E-state index in [1.54, 1.807) is 7.05 Å². The van der Waals surface area contributed by atoms with E-state index >= 15 is 0 Å². The van der Waals surface area contributed by atoms with Crippen LogP contribution in [0.2, 0.25) is 0 Å². The van der Waals surface area contributed by atoms with Crippen LogP contribution in [-0.4, -0.2) is 37.5 Å². The highest BCUT2D eigenvalue weighted by molar-refractivity contribution is 5.81. The first-order valence-corrected chi connectivity index (χ1v) is 6.83. The molecule has 21 heavy (non-hydrogen) atoms. The van der Waals surface area contributed by atoms with E-state index < -0.39 is 5.92 Å². The molecule has 1 rings (SSSR count). The molecule has 0 bridgehead atoms. The van der Waals surface area contributed by atoms with Gasteiger partial charge < -0.3 is 9.64 Å². The SMILES string of the molecule is COC(=O)CCCN(C)C(=O)C(C#N)Cc1ccccc1. The normalized spacial score (nSPS) is 11.3. The lowest BCUT2D eigenvalue weighted by atomic mass is 9.99. The number of rotatable bonds is 7. The summed E-state index contributed by atoms with van der Waals surface area (Å²) in [5.74, 6) is -1.21. The molecule has 0 aliphatic carbocycles. The lowest BCUT2D eigenvalue weighted by molar-refractivity contribution is -0.141. The Morgan fingerprint density at radius 3 is 2.57 bits per heavy atom. The van der Waals surface area contributed by atoms with Gasteiger partial charge in [-0.25, -0.2) is 0 Å². The smallest absolute Gasteiger partial charge is 0.305 e. The highest BCUT2D eigenvalue weighted by Crippen LogP contribution is 2.11. The average Bonchev–Trinajstić information content (AvgIpc) is 2.52. The van der Waals surface area contributed by atoms with Gasteiger partial charge in [-0.2, -0.15) is 5.26 Å². The van der Waals surface area contributed by atoms with Crippen molar-refractivity contribution in [3.8, 4) is 6.07 Å². The number of hydrogen-bond donors (Lipinski definition) is 0. The van der Waals surface area contributed by atoms with E-state index in [4.69, 9.17) is 0 Å². The average molecular weight is 288 g/mol. The van der Waals surface area contributed by atoms with E-state index in [2.05, 4.69) is 10.8 Å². The van der Waals surface area contributed by atoms with E-state index in [1.165, 1.54) is 12.0 Å². The van der Waals surface area contributed by atoms with Crippen molar-refractivity contribution < 1.29 is 14.3 Å². The van der Waals surface area contributed by atoms with E-state index in [0.717, 1.165) is 5.56 Å². The number of ether oxygens (including phenoxy) is 1. The molecule has 1 atom stereocenters. The fourth-order valence-electron chi connectivity index (χ4n) is 1.98. The molecule has 1 aromatic rings. The third kappa shape index (κ3) is 5.65. The molecule has 0 saturated carbocycles. The van der Waals surface area contributed by atoms with Gasteiger partial charge in [-0.1, -0.05) is 30.3 Å². The first kappa shape index (κ1) is 16.7. The third-order valence-corrected chi connectivity index (χ3v) is 3.21. The summed E-state index contributed by atoms with van der Waals surface area (Å²) in [4.78, 5) is 24.7. The summed E-state index contributed by atoms with van der Waals surface area (Å²) < 4.78 is 4.55. The monoisotopic (exact) mass is 288 g/mol. The van der Waals surface area contributed by atoms with Crippen molar-refractivity contribution in [2.45, 2.75) is 19.3 Å². The lowest BCUT2D eigenvalue weighted by Crippen LogP contribution is -2.34. The fraction of sp³-hybridized carbons (Fsp3) is 0.438. The van der Waals surface area contributed by atoms with Crippen LogP contribution in [0.4, 0.5) is 0 Å². The summed E-state index contributed by atoms with van der Waals surface area (Å²) in [5, 5.41) is 9.19. The second kappa shape index (κ2) is 8.75. The van der Waals surface area contributed by atoms with Crippen molar-refractivity contribution >= 4 is 11.9 Å². The van der Waals surface area contributed by atoms with Crippen LogP contribution in [0.25, 0.3) is 0 Å². The van der Waals surface area contributed by atoms with E-state index in [0.29, 0.717) is 19.4 Å². The molecule has 0 aliphatic rings. The molecule has 112 valence electrons. The van der Waals surface area contributed by atoms with Crippen LogP contribution < -0.4 is 0 Å². The number of benzene rings is 1. The molecular formula is C16H20N2O3. The minimum Gasteiger partial charge on any atom is -0.469 e. The second-order valence-corrected chi connectivity index (χ2v) is 4.81. The highest BCUT2D eigenvalue weighted by Gasteiger charge is 2.22. The molecule has 5 nitrogen and oxygen atoms in total. The summed E-state index contributed by atoms with van der Waals surface area (Å²) in [6, 6.07) is 11.5. The molecule has 0 N–H and O–H groups in total. The number of nitrogens with zero attached hydrogens (tertiary/aromatic N) is 2. The van der Waals surface area contributed by atoms with Gasteiger partial charge in [-0.3, -0.25) is 9.59 Å². The first-order valence-electron chi connectivity index (χ1n) is 6.83. The van der Waals surface area contributed by atoms with Crippen molar-refractivity contribution in [1.82, 2.24) is 4.90 Å². The second-order valence-electron chi connectivity index (χ2n) is 4.81. The maximum atomic E-state index is 12.2. The van der Waals surface area contributed by atoms with Gasteiger partial charge in [0.05, 0.1) is 13.2 Å². The highest BCUT2D eigenvalue weighted by atomic mass is 16.5. The lowest BCUT2D eigenvalue weighted by Gasteiger charge is -2.20. The topological polar surface area (TPSA) is 70.4 Å². The summed E-state index contributed by atoms with van der Waals surface area (Å²) >= 11 is 0. The molecule has 0 saturated heterocycles. The van der Waals surface area contributed by atoms with Crippen LogP contribution in [0.3, 0.4) is 0 Å². The van der Waals surface area contributed by atoms with Crippen LogP contribution >= 0.6 is 0 Å². The molecule has 0 heterocycles. The molecule has 0 aliphatic heterocycles. The van der Waals surface area contributed by atoms with Gasteiger partial charge in [0, 0.05) is 20.0 Å². The first-order chi connectivity index (χ1) is 10.1. The summed E-state index contributed by atoms with van der Waals surface area (Å²) in [5.41, 5.74) is 0.959. The maximum absolute atomic E-state index is 12.2. The van der Waals surface area contributed by atoms with E-state index in [9.17, 15) is 14.9 Å². The number of nitriles is 1. The van der Waals surface area contributed by atoms with Crippen molar-refractivity contribution in [1.29, 1.82) is 5.26 Å². The Balaban J connectivity index is 2.50. The molecule has 1 unspecified atom stereocenters. The minimum absolute atomic E-state index is 0.216. The Morgan fingerprint density at radius 2 is 2.00 bits per heavy atom. The summed E-state index contributed by atoms with van der Waals surface area (Å²) in [6.45, 7) is 0.431. The number of carbonyl (C=O) groups excluding carboxylic acids is 2. The van der Waals surface area contributed by atoms with Crippen molar-refractivity contribution in [2.24, 2.45) is 5.92 Å². The van der Waals surface area contributed by atoms with Gasteiger partial charge in [0.2, 0.25) is 5.91 Å². The van der Waals surface area contributed by atoms with Crippen LogP contribution in [-0.2, 0) is 20.7 Å². The number of esters is 1. The van der Waals surface area contributed by atoms with Crippen molar-refractivity contribution in [2.75, 3.05) is 20.7 Å².